The van der Waals surface area contributed by atoms with Gasteiger partial charge in [-0.2, -0.15) is 0 Å². The summed E-state index contributed by atoms with van der Waals surface area (Å²) in [4.78, 5) is 17.8. The highest BCUT2D eigenvalue weighted by Gasteiger charge is 2.35. The van der Waals surface area contributed by atoms with Crippen LogP contribution in [0, 0.1) is 0 Å². The van der Waals surface area contributed by atoms with Crippen LogP contribution in [0.25, 0.3) is 0 Å². The Morgan fingerprint density at radius 3 is 2.80 bits per heavy atom. The normalized spacial score (nSPS) is 16.8. The van der Waals surface area contributed by atoms with E-state index in [0.717, 1.165) is 5.56 Å². The van der Waals surface area contributed by atoms with Crippen molar-refractivity contribution in [3.05, 3.63) is 52.3 Å². The summed E-state index contributed by atoms with van der Waals surface area (Å²) in [6.45, 7) is 3.44. The number of pyridine rings is 1. The molecule has 1 amide bonds. The monoisotopic (exact) mass is 423 g/mol. The molecular weight excluding hydrogens is 406 g/mol. The summed E-state index contributed by atoms with van der Waals surface area (Å²) < 4.78 is 29.0. The molecular formula is C17H18BrN3O3S. The van der Waals surface area contributed by atoms with Crippen molar-refractivity contribution in [3.63, 3.8) is 0 Å². The number of anilines is 1. The molecule has 3 rings (SSSR count). The summed E-state index contributed by atoms with van der Waals surface area (Å²) in [5.74, 6) is -0.172. The molecule has 0 saturated carbocycles. The average Bonchev–Trinajstić information content (AvgIpc) is 2.88. The third kappa shape index (κ3) is 3.61. The number of hydrogen-bond donors (Lipinski definition) is 1. The highest BCUT2D eigenvalue weighted by molar-refractivity contribution is 9.10. The van der Waals surface area contributed by atoms with Gasteiger partial charge in [-0.1, -0.05) is 22.0 Å². The fraction of sp³-hybridized carbons (Fsp3) is 0.294. The lowest BCUT2D eigenvalue weighted by atomic mass is 10.1. The van der Waals surface area contributed by atoms with Crippen molar-refractivity contribution in [2.45, 2.75) is 37.8 Å². The number of amides is 1. The first-order valence-electron chi connectivity index (χ1n) is 7.81. The van der Waals surface area contributed by atoms with Crippen LogP contribution >= 0.6 is 15.9 Å². The lowest BCUT2D eigenvalue weighted by Crippen LogP contribution is -2.35. The van der Waals surface area contributed by atoms with Crippen LogP contribution in [0.4, 0.5) is 5.69 Å². The second-order valence-electron chi connectivity index (χ2n) is 6.00. The zero-order valence-corrected chi connectivity index (χ0v) is 16.3. The molecule has 6 nitrogen and oxygen atoms in total. The number of nitrogens with one attached hydrogen (secondary N) is 1. The fourth-order valence-corrected chi connectivity index (χ4v) is 5.03. The van der Waals surface area contributed by atoms with Crippen molar-refractivity contribution >= 4 is 37.5 Å². The molecule has 0 bridgehead atoms. The molecule has 25 heavy (non-hydrogen) atoms. The summed E-state index contributed by atoms with van der Waals surface area (Å²) in [7, 11) is -3.81. The van der Waals surface area contributed by atoms with Crippen molar-refractivity contribution in [1.29, 1.82) is 0 Å². The van der Waals surface area contributed by atoms with E-state index in [0.29, 0.717) is 22.3 Å². The van der Waals surface area contributed by atoms with Crippen molar-refractivity contribution in [1.82, 2.24) is 9.71 Å². The maximum absolute atomic E-state index is 12.9. The molecule has 0 spiro atoms. The molecule has 132 valence electrons. The van der Waals surface area contributed by atoms with Gasteiger partial charge in [-0.15, -0.1) is 0 Å². The van der Waals surface area contributed by atoms with E-state index < -0.39 is 10.0 Å². The Balaban J connectivity index is 2.01. The number of fused-ring (bicyclic) bond motifs is 1. The van der Waals surface area contributed by atoms with E-state index in [4.69, 9.17) is 0 Å². The van der Waals surface area contributed by atoms with Crippen LogP contribution in [-0.4, -0.2) is 25.4 Å². The summed E-state index contributed by atoms with van der Waals surface area (Å²) in [5, 5.41) is 0. The Kier molecular flexibility index (Phi) is 4.95. The molecule has 0 fully saturated rings. The molecule has 0 aliphatic carbocycles. The van der Waals surface area contributed by atoms with Crippen molar-refractivity contribution < 1.29 is 13.2 Å². The van der Waals surface area contributed by atoms with E-state index in [2.05, 4.69) is 25.6 Å². The number of aromatic nitrogens is 1. The van der Waals surface area contributed by atoms with Gasteiger partial charge in [0.1, 0.15) is 4.90 Å². The van der Waals surface area contributed by atoms with Gasteiger partial charge in [0.25, 0.3) is 0 Å². The first kappa shape index (κ1) is 18.0. The molecule has 1 aliphatic heterocycles. The van der Waals surface area contributed by atoms with Crippen molar-refractivity contribution in [2.75, 3.05) is 4.90 Å². The van der Waals surface area contributed by atoms with Gasteiger partial charge in [-0.25, -0.2) is 13.1 Å². The molecule has 1 atom stereocenters. The second kappa shape index (κ2) is 6.86. The van der Waals surface area contributed by atoms with Gasteiger partial charge in [0.05, 0.1) is 17.9 Å². The molecule has 1 unspecified atom stereocenters. The first-order valence-corrected chi connectivity index (χ1v) is 10.1. The Bertz CT molecular complexity index is 916. The van der Waals surface area contributed by atoms with Crippen LogP contribution in [0.15, 0.2) is 45.9 Å². The molecule has 8 heteroatoms. The van der Waals surface area contributed by atoms with Crippen LogP contribution in [0.1, 0.15) is 25.1 Å². The van der Waals surface area contributed by atoms with Gasteiger partial charge < -0.3 is 4.90 Å². The van der Waals surface area contributed by atoms with Crippen molar-refractivity contribution in [3.8, 4) is 0 Å². The SMILES string of the molecule is CC(=O)N1c2c(cc(Br)cc2S(=O)(=O)NCc2ccccn2)CC1C. The highest BCUT2D eigenvalue weighted by atomic mass is 79.9. The third-order valence-electron chi connectivity index (χ3n) is 4.11. The minimum Gasteiger partial charge on any atom is -0.308 e. The van der Waals surface area contributed by atoms with E-state index >= 15 is 0 Å². The van der Waals surface area contributed by atoms with Crippen LogP contribution in [0.5, 0.6) is 0 Å². The molecule has 0 saturated heterocycles. The standard InChI is InChI=1S/C17H18BrN3O3S/c1-11-7-13-8-14(18)9-16(17(13)21(11)12(2)22)25(23,24)20-10-15-5-3-4-6-19-15/h3-6,8-9,11,20H,7,10H2,1-2H3. The van der Waals surface area contributed by atoms with Gasteiger partial charge in [-0.05, 0) is 43.2 Å². The quantitative estimate of drug-likeness (QED) is 0.819. The highest BCUT2D eigenvalue weighted by Crippen LogP contribution is 2.40. The average molecular weight is 424 g/mol. The lowest BCUT2D eigenvalue weighted by Gasteiger charge is -2.23. The Morgan fingerprint density at radius 1 is 1.40 bits per heavy atom. The maximum Gasteiger partial charge on any atom is 0.243 e. The molecule has 1 N–H and O–H groups in total. The summed E-state index contributed by atoms with van der Waals surface area (Å²) in [6.07, 6.45) is 2.23. The van der Waals surface area contributed by atoms with E-state index in [9.17, 15) is 13.2 Å². The van der Waals surface area contributed by atoms with Crippen LogP contribution in [0.2, 0.25) is 0 Å². The molecule has 0 radical (unpaired) electrons. The largest absolute Gasteiger partial charge is 0.308 e. The number of rotatable bonds is 4. The van der Waals surface area contributed by atoms with Gasteiger partial charge in [0.15, 0.2) is 0 Å². The molecule has 2 heterocycles. The van der Waals surface area contributed by atoms with E-state index in [1.165, 1.54) is 13.0 Å². The van der Waals surface area contributed by atoms with Gasteiger partial charge in [0, 0.05) is 23.6 Å². The predicted molar refractivity (Wildman–Crippen MR) is 98.7 cm³/mol. The van der Waals surface area contributed by atoms with Gasteiger partial charge in [0.2, 0.25) is 15.9 Å². The predicted octanol–water partition coefficient (Wildman–Crippen LogP) is 2.62. The minimum atomic E-state index is -3.81. The smallest absolute Gasteiger partial charge is 0.243 e. The molecule has 1 aliphatic rings. The number of nitrogens with zero attached hydrogens (tertiary/aromatic N) is 2. The van der Waals surface area contributed by atoms with Crippen molar-refractivity contribution in [2.24, 2.45) is 0 Å². The summed E-state index contributed by atoms with van der Waals surface area (Å²) >= 11 is 3.37. The van der Waals surface area contributed by atoms with Crippen LogP contribution in [-0.2, 0) is 27.8 Å². The third-order valence-corrected chi connectivity index (χ3v) is 5.99. The van der Waals surface area contributed by atoms with Crippen LogP contribution < -0.4 is 9.62 Å². The minimum absolute atomic E-state index is 0.0773. The number of sulfonamides is 1. The zero-order chi connectivity index (χ0) is 18.2. The topological polar surface area (TPSA) is 79.4 Å². The zero-order valence-electron chi connectivity index (χ0n) is 13.9. The van der Waals surface area contributed by atoms with E-state index in [1.54, 1.807) is 29.3 Å². The van der Waals surface area contributed by atoms with Crippen LogP contribution in [0.3, 0.4) is 0 Å². The Morgan fingerprint density at radius 2 is 2.16 bits per heavy atom. The first-order chi connectivity index (χ1) is 11.8. The van der Waals surface area contributed by atoms with E-state index in [1.807, 2.05) is 13.0 Å². The molecule has 1 aromatic heterocycles. The number of halogens is 1. The number of hydrogen-bond acceptors (Lipinski definition) is 4. The molecule has 1 aromatic carbocycles. The van der Waals surface area contributed by atoms with Gasteiger partial charge >= 0.3 is 0 Å². The number of carbonyl (C=O) groups is 1. The van der Waals surface area contributed by atoms with Gasteiger partial charge in [-0.3, -0.25) is 9.78 Å². The maximum atomic E-state index is 12.9. The lowest BCUT2D eigenvalue weighted by molar-refractivity contribution is -0.116. The number of carbonyl (C=O) groups excluding carboxylic acids is 1. The number of benzene rings is 1. The van der Waals surface area contributed by atoms with E-state index in [-0.39, 0.29) is 23.4 Å². The Hall–Kier alpha value is -1.77. The fourth-order valence-electron chi connectivity index (χ4n) is 3.11. The summed E-state index contributed by atoms with van der Waals surface area (Å²) in [5.41, 5.74) is 1.93. The Labute approximate surface area is 155 Å². The summed E-state index contributed by atoms with van der Waals surface area (Å²) in [6, 6.07) is 8.64. The molecule has 2 aromatic rings. The second-order valence-corrected chi connectivity index (χ2v) is 8.65.